The molecule has 90 valence electrons. The summed E-state index contributed by atoms with van der Waals surface area (Å²) in [6, 6.07) is 7.10. The van der Waals surface area contributed by atoms with Crippen LogP contribution in [0.2, 0.25) is 5.02 Å². The fraction of sp³-hybridized carbons (Fsp3) is 0. The van der Waals surface area contributed by atoms with Gasteiger partial charge in [0.25, 0.3) is 0 Å². The molecule has 0 saturated heterocycles. The van der Waals surface area contributed by atoms with E-state index >= 15 is 0 Å². The number of fused-ring (bicyclic) bond motifs is 2. The van der Waals surface area contributed by atoms with Crippen LogP contribution in [0.15, 0.2) is 33.2 Å². The van der Waals surface area contributed by atoms with Crippen LogP contribution in [-0.4, -0.2) is 15.1 Å². The molecule has 0 unspecified atom stereocenters. The molecular formula is C12H5Br2ClN2O. The third-order valence-corrected chi connectivity index (χ3v) is 4.09. The largest absolute Gasteiger partial charge is 0.504 e. The third-order valence-electron chi connectivity index (χ3n) is 2.58. The molecule has 18 heavy (non-hydrogen) atoms. The molecule has 0 aliphatic carbocycles. The number of nitrogens with zero attached hydrogens (tertiary/aromatic N) is 2. The Balaban J connectivity index is 2.57. The van der Waals surface area contributed by atoms with Crippen LogP contribution in [-0.2, 0) is 0 Å². The van der Waals surface area contributed by atoms with Gasteiger partial charge in [0.15, 0.2) is 5.75 Å². The van der Waals surface area contributed by atoms with Crippen molar-refractivity contribution < 1.29 is 5.11 Å². The van der Waals surface area contributed by atoms with Gasteiger partial charge in [-0.1, -0.05) is 17.7 Å². The summed E-state index contributed by atoms with van der Waals surface area (Å²) >= 11 is 12.8. The maximum atomic E-state index is 10.0. The number of phenolic OH excluding ortho intramolecular Hbond substituents is 1. The van der Waals surface area contributed by atoms with Crippen molar-refractivity contribution in [2.75, 3.05) is 0 Å². The molecule has 3 nitrogen and oxygen atoms in total. The van der Waals surface area contributed by atoms with Gasteiger partial charge in [-0.2, -0.15) is 0 Å². The van der Waals surface area contributed by atoms with Crippen molar-refractivity contribution >= 4 is 65.5 Å². The second-order valence-electron chi connectivity index (χ2n) is 3.72. The molecular weight excluding hydrogens is 383 g/mol. The Hall–Kier alpha value is -0.910. The summed E-state index contributed by atoms with van der Waals surface area (Å²) in [6.07, 6.45) is 0. The van der Waals surface area contributed by atoms with E-state index in [0.717, 1.165) is 4.47 Å². The minimum atomic E-state index is 0.0718. The van der Waals surface area contributed by atoms with Gasteiger partial charge in [0.05, 0.1) is 15.0 Å². The number of rotatable bonds is 0. The Labute approximate surface area is 124 Å². The van der Waals surface area contributed by atoms with Gasteiger partial charge in [-0.3, -0.25) is 0 Å². The van der Waals surface area contributed by atoms with Gasteiger partial charge in [0, 0.05) is 4.47 Å². The molecule has 0 atom stereocenters. The lowest BCUT2D eigenvalue weighted by Gasteiger charge is -2.07. The first-order valence-corrected chi connectivity index (χ1v) is 6.97. The molecule has 0 amide bonds. The van der Waals surface area contributed by atoms with E-state index < -0.39 is 0 Å². The zero-order valence-corrected chi connectivity index (χ0v) is 12.7. The summed E-state index contributed by atoms with van der Waals surface area (Å²) < 4.78 is 1.31. The molecule has 2 aromatic carbocycles. The van der Waals surface area contributed by atoms with Crippen LogP contribution >= 0.6 is 43.5 Å². The summed E-state index contributed by atoms with van der Waals surface area (Å²) in [7, 11) is 0. The van der Waals surface area contributed by atoms with Gasteiger partial charge in [-0.05, 0) is 50.1 Å². The normalized spacial score (nSPS) is 11.3. The lowest BCUT2D eigenvalue weighted by molar-refractivity contribution is 0.477. The Morgan fingerprint density at radius 2 is 1.78 bits per heavy atom. The van der Waals surface area contributed by atoms with E-state index in [1.807, 2.05) is 6.07 Å². The second kappa shape index (κ2) is 4.33. The number of benzene rings is 2. The summed E-state index contributed by atoms with van der Waals surface area (Å²) in [4.78, 5) is 8.86. The minimum absolute atomic E-state index is 0.0718. The van der Waals surface area contributed by atoms with Crippen molar-refractivity contribution in [2.45, 2.75) is 0 Å². The fourth-order valence-corrected chi connectivity index (χ4v) is 3.18. The first-order valence-electron chi connectivity index (χ1n) is 5.01. The summed E-state index contributed by atoms with van der Waals surface area (Å²) in [5.74, 6) is 0.0718. The topological polar surface area (TPSA) is 46.0 Å². The standard InChI is InChI=1S/C12H5Br2ClN2O/c13-5-4-6(14)12(18)11-9(5)17-10-7(15)2-1-3-8(10)16-11/h1-4,18H. The average molecular weight is 388 g/mol. The Morgan fingerprint density at radius 3 is 2.56 bits per heavy atom. The zero-order chi connectivity index (χ0) is 12.9. The van der Waals surface area contributed by atoms with E-state index in [1.54, 1.807) is 18.2 Å². The van der Waals surface area contributed by atoms with E-state index in [1.165, 1.54) is 0 Å². The van der Waals surface area contributed by atoms with Crippen molar-refractivity contribution in [3.8, 4) is 5.75 Å². The van der Waals surface area contributed by atoms with E-state index in [9.17, 15) is 5.11 Å². The molecule has 0 radical (unpaired) electrons. The smallest absolute Gasteiger partial charge is 0.157 e. The van der Waals surface area contributed by atoms with Gasteiger partial charge in [-0.15, -0.1) is 0 Å². The van der Waals surface area contributed by atoms with Gasteiger partial charge in [-0.25, -0.2) is 9.97 Å². The van der Waals surface area contributed by atoms with Crippen LogP contribution in [0.4, 0.5) is 0 Å². The average Bonchev–Trinajstić information content (AvgIpc) is 2.35. The quantitative estimate of drug-likeness (QED) is 0.570. The predicted octanol–water partition coefficient (Wildman–Crippen LogP) is 4.67. The number of aromatic nitrogens is 2. The van der Waals surface area contributed by atoms with Crippen LogP contribution < -0.4 is 0 Å². The SMILES string of the molecule is Oc1c(Br)cc(Br)c2nc3c(Cl)cccc3nc12. The highest BCUT2D eigenvalue weighted by molar-refractivity contribution is 9.11. The number of hydrogen-bond donors (Lipinski definition) is 1. The number of hydrogen-bond acceptors (Lipinski definition) is 3. The van der Waals surface area contributed by atoms with Crippen LogP contribution in [0.25, 0.3) is 22.1 Å². The van der Waals surface area contributed by atoms with Crippen molar-refractivity contribution in [2.24, 2.45) is 0 Å². The molecule has 0 spiro atoms. The number of para-hydroxylation sites is 1. The summed E-state index contributed by atoms with van der Waals surface area (Å²) in [5.41, 5.74) is 2.28. The van der Waals surface area contributed by atoms with Crippen molar-refractivity contribution in [3.05, 3.63) is 38.2 Å². The molecule has 0 aliphatic heterocycles. The van der Waals surface area contributed by atoms with Gasteiger partial charge in [0.2, 0.25) is 0 Å². The predicted molar refractivity (Wildman–Crippen MR) is 79.1 cm³/mol. The van der Waals surface area contributed by atoms with Crippen molar-refractivity contribution in [1.29, 1.82) is 0 Å². The minimum Gasteiger partial charge on any atom is -0.504 e. The first kappa shape index (κ1) is 12.1. The maximum absolute atomic E-state index is 10.0. The molecule has 0 aliphatic rings. The highest BCUT2D eigenvalue weighted by Gasteiger charge is 2.13. The molecule has 6 heteroatoms. The summed E-state index contributed by atoms with van der Waals surface area (Å²) in [6.45, 7) is 0. The lowest BCUT2D eigenvalue weighted by atomic mass is 10.2. The number of halogens is 3. The second-order valence-corrected chi connectivity index (χ2v) is 5.83. The molecule has 3 rings (SSSR count). The van der Waals surface area contributed by atoms with Crippen LogP contribution in [0, 0.1) is 0 Å². The van der Waals surface area contributed by atoms with Crippen molar-refractivity contribution in [3.63, 3.8) is 0 Å². The Morgan fingerprint density at radius 1 is 1.00 bits per heavy atom. The Kier molecular flexibility index (Phi) is 2.92. The summed E-state index contributed by atoms with van der Waals surface area (Å²) in [5, 5.41) is 10.5. The van der Waals surface area contributed by atoms with E-state index in [4.69, 9.17) is 11.6 Å². The molecule has 1 N–H and O–H groups in total. The molecule has 3 aromatic rings. The number of aromatic hydroxyl groups is 1. The molecule has 1 heterocycles. The van der Waals surface area contributed by atoms with E-state index in [2.05, 4.69) is 41.8 Å². The monoisotopic (exact) mass is 386 g/mol. The highest BCUT2D eigenvalue weighted by atomic mass is 79.9. The van der Waals surface area contributed by atoms with Crippen LogP contribution in [0.3, 0.4) is 0 Å². The van der Waals surface area contributed by atoms with E-state index in [-0.39, 0.29) is 5.75 Å². The first-order chi connectivity index (χ1) is 8.58. The maximum Gasteiger partial charge on any atom is 0.157 e. The molecule has 0 bridgehead atoms. The van der Waals surface area contributed by atoms with Crippen LogP contribution in [0.5, 0.6) is 5.75 Å². The van der Waals surface area contributed by atoms with Crippen molar-refractivity contribution in [1.82, 2.24) is 9.97 Å². The van der Waals surface area contributed by atoms with Crippen LogP contribution in [0.1, 0.15) is 0 Å². The lowest BCUT2D eigenvalue weighted by Crippen LogP contribution is -1.90. The molecule has 0 saturated carbocycles. The Bertz CT molecular complexity index is 792. The zero-order valence-electron chi connectivity index (χ0n) is 8.78. The molecule has 1 aromatic heterocycles. The molecule has 0 fully saturated rings. The third kappa shape index (κ3) is 1.77. The highest BCUT2D eigenvalue weighted by Crippen LogP contribution is 2.37. The van der Waals surface area contributed by atoms with E-state index in [0.29, 0.717) is 31.6 Å². The fourth-order valence-electron chi connectivity index (χ4n) is 1.74. The van der Waals surface area contributed by atoms with Gasteiger partial charge in [0.1, 0.15) is 16.6 Å². The van der Waals surface area contributed by atoms with Gasteiger partial charge >= 0.3 is 0 Å². The van der Waals surface area contributed by atoms with Gasteiger partial charge < -0.3 is 5.11 Å². The number of phenols is 1.